The second-order valence-corrected chi connectivity index (χ2v) is 7.80. The third kappa shape index (κ3) is 3.01. The summed E-state index contributed by atoms with van der Waals surface area (Å²) in [7, 11) is 0. The first-order chi connectivity index (χ1) is 12.4. The van der Waals surface area contributed by atoms with Crippen LogP contribution in [0.5, 0.6) is 0 Å². The number of rotatable bonds is 4. The smallest absolute Gasteiger partial charge is 0.263 e. The van der Waals surface area contributed by atoms with Crippen LogP contribution in [-0.4, -0.2) is 24.7 Å². The van der Waals surface area contributed by atoms with Crippen molar-refractivity contribution in [3.8, 4) is 10.8 Å². The Morgan fingerprint density at radius 1 is 1.35 bits per heavy atom. The molecule has 0 aliphatic heterocycles. The maximum Gasteiger partial charge on any atom is 0.263 e. The fourth-order valence-electron chi connectivity index (χ4n) is 2.57. The zero-order valence-electron chi connectivity index (χ0n) is 14.6. The molecule has 134 valence electrons. The van der Waals surface area contributed by atoms with Gasteiger partial charge < -0.3 is 9.73 Å². The zero-order chi connectivity index (χ0) is 18.3. The van der Waals surface area contributed by atoms with E-state index in [1.165, 1.54) is 0 Å². The summed E-state index contributed by atoms with van der Waals surface area (Å²) >= 11 is 1.57. The molecule has 4 rings (SSSR count). The molecule has 4 aromatic heterocycles. The Hall–Kier alpha value is -2.94. The van der Waals surface area contributed by atoms with Crippen molar-refractivity contribution in [3.63, 3.8) is 0 Å². The number of thiophene rings is 1. The molecule has 9 heteroatoms. The fourth-order valence-corrected chi connectivity index (χ4v) is 3.22. The lowest BCUT2D eigenvalue weighted by Crippen LogP contribution is -2.24. The van der Waals surface area contributed by atoms with Crippen LogP contribution >= 0.6 is 11.3 Å². The summed E-state index contributed by atoms with van der Waals surface area (Å²) < 4.78 is 7.24. The lowest BCUT2D eigenvalue weighted by Gasteiger charge is -2.19. The fraction of sp³-hybridized carbons (Fsp3) is 0.294. The van der Waals surface area contributed by atoms with E-state index >= 15 is 0 Å². The molecule has 0 unspecified atom stereocenters. The van der Waals surface area contributed by atoms with E-state index in [4.69, 9.17) is 4.42 Å². The van der Waals surface area contributed by atoms with Crippen molar-refractivity contribution >= 4 is 28.3 Å². The molecule has 0 aliphatic carbocycles. The molecule has 0 saturated carbocycles. The normalized spacial score (nSPS) is 12.0. The van der Waals surface area contributed by atoms with Crippen molar-refractivity contribution in [2.45, 2.75) is 32.9 Å². The third-order valence-electron chi connectivity index (χ3n) is 3.79. The van der Waals surface area contributed by atoms with Gasteiger partial charge in [-0.1, -0.05) is 6.07 Å². The Bertz CT molecular complexity index is 1100. The van der Waals surface area contributed by atoms with E-state index in [-0.39, 0.29) is 11.1 Å². The SMILES string of the molecule is CC(C)(C)n1ncc2c(=O)[nH]c(NCc3coc(-c4cccs4)n3)nc21. The summed E-state index contributed by atoms with van der Waals surface area (Å²) in [5, 5.41) is 9.83. The van der Waals surface area contributed by atoms with Gasteiger partial charge in [0.15, 0.2) is 5.65 Å². The van der Waals surface area contributed by atoms with Crippen LogP contribution in [0.3, 0.4) is 0 Å². The molecule has 4 heterocycles. The third-order valence-corrected chi connectivity index (χ3v) is 4.65. The van der Waals surface area contributed by atoms with Gasteiger partial charge in [-0.15, -0.1) is 11.3 Å². The van der Waals surface area contributed by atoms with Crippen LogP contribution < -0.4 is 10.9 Å². The van der Waals surface area contributed by atoms with Gasteiger partial charge in [0, 0.05) is 0 Å². The standard InChI is InChI=1S/C17H18N6O2S/c1-17(2,3)23-13-11(8-19-23)14(24)22-16(21-13)18-7-10-9-25-15(20-10)12-5-4-6-26-12/h4-6,8-9H,7H2,1-3H3,(H2,18,21,22,24). The van der Waals surface area contributed by atoms with E-state index in [0.29, 0.717) is 29.4 Å². The predicted octanol–water partition coefficient (Wildman–Crippen LogP) is 3.20. The second-order valence-electron chi connectivity index (χ2n) is 6.85. The van der Waals surface area contributed by atoms with E-state index in [2.05, 4.69) is 25.4 Å². The topological polar surface area (TPSA) is 102 Å². The van der Waals surface area contributed by atoms with Crippen LogP contribution in [0.4, 0.5) is 5.95 Å². The number of anilines is 1. The molecule has 0 spiro atoms. The van der Waals surface area contributed by atoms with Gasteiger partial charge in [0.1, 0.15) is 11.6 Å². The molecule has 2 N–H and O–H groups in total. The number of aromatic amines is 1. The van der Waals surface area contributed by atoms with Crippen LogP contribution in [-0.2, 0) is 12.1 Å². The Balaban J connectivity index is 1.59. The van der Waals surface area contributed by atoms with Gasteiger partial charge in [-0.05, 0) is 32.2 Å². The highest BCUT2D eigenvalue weighted by Gasteiger charge is 2.20. The summed E-state index contributed by atoms with van der Waals surface area (Å²) in [5.41, 5.74) is 0.762. The van der Waals surface area contributed by atoms with Gasteiger partial charge in [-0.3, -0.25) is 9.78 Å². The monoisotopic (exact) mass is 370 g/mol. The molecule has 0 radical (unpaired) electrons. The molecule has 0 aromatic carbocycles. The molecule has 8 nitrogen and oxygen atoms in total. The van der Waals surface area contributed by atoms with E-state index in [1.54, 1.807) is 28.5 Å². The number of H-pyrrole nitrogens is 1. The van der Waals surface area contributed by atoms with Crippen LogP contribution in [0.1, 0.15) is 26.5 Å². The Kier molecular flexibility index (Phi) is 3.87. The zero-order valence-corrected chi connectivity index (χ0v) is 15.4. The minimum atomic E-state index is -0.276. The van der Waals surface area contributed by atoms with Crippen molar-refractivity contribution in [1.29, 1.82) is 0 Å². The average Bonchev–Trinajstić information content (AvgIpc) is 3.31. The quantitative estimate of drug-likeness (QED) is 0.572. The molecular formula is C17H18N6O2S. The maximum absolute atomic E-state index is 12.3. The van der Waals surface area contributed by atoms with E-state index in [0.717, 1.165) is 10.6 Å². The highest BCUT2D eigenvalue weighted by Crippen LogP contribution is 2.24. The van der Waals surface area contributed by atoms with Gasteiger partial charge >= 0.3 is 0 Å². The molecule has 0 aliphatic rings. The number of oxazole rings is 1. The van der Waals surface area contributed by atoms with Crippen molar-refractivity contribution in [2.24, 2.45) is 0 Å². The summed E-state index contributed by atoms with van der Waals surface area (Å²) in [6, 6.07) is 3.90. The van der Waals surface area contributed by atoms with Crippen LogP contribution in [0.25, 0.3) is 21.8 Å². The Labute approximate surface area is 152 Å². The molecular weight excluding hydrogens is 352 g/mol. The van der Waals surface area contributed by atoms with Crippen molar-refractivity contribution < 1.29 is 4.42 Å². The summed E-state index contributed by atoms with van der Waals surface area (Å²) in [5.74, 6) is 0.952. The van der Waals surface area contributed by atoms with E-state index in [9.17, 15) is 4.79 Å². The number of aromatic nitrogens is 5. The van der Waals surface area contributed by atoms with Crippen LogP contribution in [0.2, 0.25) is 0 Å². The Morgan fingerprint density at radius 2 is 2.19 bits per heavy atom. The first-order valence-electron chi connectivity index (χ1n) is 8.12. The first-order valence-corrected chi connectivity index (χ1v) is 9.00. The highest BCUT2D eigenvalue weighted by molar-refractivity contribution is 7.13. The van der Waals surface area contributed by atoms with Crippen LogP contribution in [0.15, 0.2) is 39.2 Å². The second kappa shape index (κ2) is 6.10. The summed E-state index contributed by atoms with van der Waals surface area (Å²) in [6.07, 6.45) is 3.14. The molecule has 0 saturated heterocycles. The lowest BCUT2D eigenvalue weighted by molar-refractivity contribution is 0.366. The molecule has 0 atom stereocenters. The number of fused-ring (bicyclic) bond motifs is 1. The maximum atomic E-state index is 12.3. The minimum Gasteiger partial charge on any atom is -0.443 e. The molecule has 4 aromatic rings. The number of nitrogens with one attached hydrogen (secondary N) is 2. The van der Waals surface area contributed by atoms with Crippen molar-refractivity contribution in [1.82, 2.24) is 24.7 Å². The van der Waals surface area contributed by atoms with Gasteiger partial charge in [0.05, 0.1) is 28.9 Å². The van der Waals surface area contributed by atoms with Crippen molar-refractivity contribution in [2.75, 3.05) is 5.32 Å². The number of nitrogens with zero attached hydrogens (tertiary/aromatic N) is 4. The van der Waals surface area contributed by atoms with Gasteiger partial charge in [0.2, 0.25) is 11.8 Å². The summed E-state index contributed by atoms with van der Waals surface area (Å²) in [6.45, 7) is 6.41. The number of hydrogen-bond donors (Lipinski definition) is 2. The van der Waals surface area contributed by atoms with Crippen molar-refractivity contribution in [3.05, 3.63) is 46.0 Å². The molecule has 0 amide bonds. The van der Waals surface area contributed by atoms with Gasteiger partial charge in [-0.25, -0.2) is 9.67 Å². The van der Waals surface area contributed by atoms with Gasteiger partial charge in [0.25, 0.3) is 5.56 Å². The largest absolute Gasteiger partial charge is 0.443 e. The Morgan fingerprint density at radius 3 is 2.92 bits per heavy atom. The first kappa shape index (κ1) is 16.5. The lowest BCUT2D eigenvalue weighted by atomic mass is 10.1. The predicted molar refractivity (Wildman–Crippen MR) is 100 cm³/mol. The molecule has 0 bridgehead atoms. The van der Waals surface area contributed by atoms with Gasteiger partial charge in [-0.2, -0.15) is 10.1 Å². The van der Waals surface area contributed by atoms with E-state index < -0.39 is 0 Å². The molecule has 26 heavy (non-hydrogen) atoms. The van der Waals surface area contributed by atoms with Crippen LogP contribution in [0, 0.1) is 0 Å². The summed E-state index contributed by atoms with van der Waals surface area (Å²) in [4.78, 5) is 24.9. The van der Waals surface area contributed by atoms with E-state index in [1.807, 2.05) is 38.3 Å². The number of hydrogen-bond acceptors (Lipinski definition) is 7. The highest BCUT2D eigenvalue weighted by atomic mass is 32.1. The average molecular weight is 370 g/mol. The minimum absolute atomic E-state index is 0.229. The molecule has 0 fully saturated rings.